The first-order chi connectivity index (χ1) is 8.15. The zero-order valence-electron chi connectivity index (χ0n) is 9.20. The molecule has 1 aromatic heterocycles. The molecule has 6 nitrogen and oxygen atoms in total. The number of imidazole rings is 1. The smallest absolute Gasteiger partial charge is 0.297 e. The van der Waals surface area contributed by atoms with Crippen LogP contribution in [0.4, 0.5) is 5.69 Å². The zero-order valence-corrected chi connectivity index (χ0v) is 9.20. The topological polar surface area (TPSA) is 84.8 Å². The Labute approximate surface area is 97.3 Å². The van der Waals surface area contributed by atoms with E-state index in [4.69, 9.17) is 5.26 Å². The SMILES string of the molecule is CC(CC#N)n1cnc2c([N+](=O)[O-])cccc21. The molecule has 0 aliphatic heterocycles. The van der Waals surface area contributed by atoms with Crippen molar-refractivity contribution in [2.24, 2.45) is 0 Å². The van der Waals surface area contributed by atoms with Gasteiger partial charge in [-0.05, 0) is 13.0 Å². The van der Waals surface area contributed by atoms with Crippen LogP contribution in [0.15, 0.2) is 24.5 Å². The second-order valence-electron chi connectivity index (χ2n) is 3.77. The second-order valence-corrected chi connectivity index (χ2v) is 3.77. The van der Waals surface area contributed by atoms with Crippen LogP contribution in [0.1, 0.15) is 19.4 Å². The van der Waals surface area contributed by atoms with Gasteiger partial charge in [-0.15, -0.1) is 0 Å². The van der Waals surface area contributed by atoms with Crippen molar-refractivity contribution < 1.29 is 4.92 Å². The normalized spacial score (nSPS) is 12.2. The molecule has 0 saturated heterocycles. The van der Waals surface area contributed by atoms with Crippen LogP contribution in [-0.2, 0) is 0 Å². The van der Waals surface area contributed by atoms with Crippen LogP contribution in [0.2, 0.25) is 0 Å². The lowest BCUT2D eigenvalue weighted by Crippen LogP contribution is -2.02. The third-order valence-electron chi connectivity index (χ3n) is 2.64. The van der Waals surface area contributed by atoms with Gasteiger partial charge in [0, 0.05) is 12.1 Å². The minimum atomic E-state index is -0.450. The molecule has 6 heteroatoms. The van der Waals surface area contributed by atoms with Gasteiger partial charge in [0.1, 0.15) is 0 Å². The fraction of sp³-hybridized carbons (Fsp3) is 0.273. The molecule has 1 heterocycles. The van der Waals surface area contributed by atoms with Crippen molar-refractivity contribution in [2.45, 2.75) is 19.4 Å². The zero-order chi connectivity index (χ0) is 12.4. The number of nitriles is 1. The number of benzene rings is 1. The van der Waals surface area contributed by atoms with Crippen LogP contribution in [-0.4, -0.2) is 14.5 Å². The van der Waals surface area contributed by atoms with E-state index in [1.54, 1.807) is 23.0 Å². The largest absolute Gasteiger partial charge is 0.326 e. The Morgan fingerprint density at radius 1 is 1.65 bits per heavy atom. The van der Waals surface area contributed by atoms with E-state index in [2.05, 4.69) is 11.1 Å². The summed E-state index contributed by atoms with van der Waals surface area (Å²) >= 11 is 0. The summed E-state index contributed by atoms with van der Waals surface area (Å²) in [4.78, 5) is 14.4. The average molecular weight is 230 g/mol. The predicted molar refractivity (Wildman–Crippen MR) is 61.3 cm³/mol. The molecule has 0 bridgehead atoms. The number of hydrogen-bond donors (Lipinski definition) is 0. The summed E-state index contributed by atoms with van der Waals surface area (Å²) < 4.78 is 1.78. The number of para-hydroxylation sites is 1. The van der Waals surface area contributed by atoms with E-state index in [0.717, 1.165) is 0 Å². The van der Waals surface area contributed by atoms with Gasteiger partial charge in [-0.1, -0.05) is 6.07 Å². The Morgan fingerprint density at radius 3 is 3.06 bits per heavy atom. The summed E-state index contributed by atoms with van der Waals surface area (Å²) in [6, 6.07) is 6.84. The number of nitro groups is 1. The van der Waals surface area contributed by atoms with E-state index in [-0.39, 0.29) is 11.7 Å². The molecule has 2 aromatic rings. The molecule has 0 aliphatic rings. The Balaban J connectivity index is 2.59. The van der Waals surface area contributed by atoms with Crippen LogP contribution >= 0.6 is 0 Å². The summed E-state index contributed by atoms with van der Waals surface area (Å²) in [6.07, 6.45) is 1.88. The number of fused-ring (bicyclic) bond motifs is 1. The van der Waals surface area contributed by atoms with Crippen molar-refractivity contribution >= 4 is 16.7 Å². The number of nitro benzene ring substituents is 1. The Hall–Kier alpha value is -2.42. The molecule has 17 heavy (non-hydrogen) atoms. The Kier molecular flexibility index (Phi) is 2.75. The molecular formula is C11H10N4O2. The van der Waals surface area contributed by atoms with E-state index >= 15 is 0 Å². The summed E-state index contributed by atoms with van der Waals surface area (Å²) in [6.45, 7) is 1.88. The maximum absolute atomic E-state index is 10.8. The fourth-order valence-electron chi connectivity index (χ4n) is 1.77. The lowest BCUT2D eigenvalue weighted by Gasteiger charge is -2.09. The van der Waals surface area contributed by atoms with Gasteiger partial charge >= 0.3 is 0 Å². The fourth-order valence-corrected chi connectivity index (χ4v) is 1.77. The van der Waals surface area contributed by atoms with Crippen molar-refractivity contribution in [1.82, 2.24) is 9.55 Å². The number of hydrogen-bond acceptors (Lipinski definition) is 4. The standard InChI is InChI=1S/C11H10N4O2/c1-8(5-6-12)14-7-13-11-9(14)3-2-4-10(11)15(16)17/h2-4,7-8H,5H2,1H3. The first kappa shape index (κ1) is 11.1. The quantitative estimate of drug-likeness (QED) is 0.598. The van der Waals surface area contributed by atoms with Gasteiger partial charge in [-0.25, -0.2) is 4.98 Å². The van der Waals surface area contributed by atoms with Crippen molar-refractivity contribution in [2.75, 3.05) is 0 Å². The van der Waals surface area contributed by atoms with Gasteiger partial charge in [0.15, 0.2) is 5.52 Å². The lowest BCUT2D eigenvalue weighted by molar-refractivity contribution is -0.383. The summed E-state index contributed by atoms with van der Waals surface area (Å²) in [5.74, 6) is 0. The number of rotatable bonds is 3. The summed E-state index contributed by atoms with van der Waals surface area (Å²) in [5.41, 5.74) is 1.04. The third-order valence-corrected chi connectivity index (χ3v) is 2.64. The maximum atomic E-state index is 10.8. The first-order valence-electron chi connectivity index (χ1n) is 5.12. The van der Waals surface area contributed by atoms with Crippen molar-refractivity contribution in [3.05, 3.63) is 34.6 Å². The van der Waals surface area contributed by atoms with Crippen LogP contribution in [0.25, 0.3) is 11.0 Å². The molecule has 1 atom stereocenters. The van der Waals surface area contributed by atoms with Gasteiger partial charge < -0.3 is 4.57 Å². The minimum absolute atomic E-state index is 0.00888. The minimum Gasteiger partial charge on any atom is -0.326 e. The van der Waals surface area contributed by atoms with Gasteiger partial charge in [-0.2, -0.15) is 5.26 Å². The Morgan fingerprint density at radius 2 is 2.41 bits per heavy atom. The van der Waals surface area contributed by atoms with Gasteiger partial charge in [0.25, 0.3) is 5.69 Å². The molecule has 0 spiro atoms. The average Bonchev–Trinajstić information content (AvgIpc) is 2.72. The molecule has 0 amide bonds. The van der Waals surface area contributed by atoms with E-state index in [1.807, 2.05) is 6.92 Å². The van der Waals surface area contributed by atoms with Crippen LogP contribution in [0, 0.1) is 21.4 Å². The number of non-ortho nitro benzene ring substituents is 1. The van der Waals surface area contributed by atoms with Crippen molar-refractivity contribution in [3.63, 3.8) is 0 Å². The molecule has 0 radical (unpaired) electrons. The Bertz CT molecular complexity index is 611. The molecule has 0 aliphatic carbocycles. The van der Waals surface area contributed by atoms with E-state index in [9.17, 15) is 10.1 Å². The molecule has 0 N–H and O–H groups in total. The van der Waals surface area contributed by atoms with E-state index in [1.165, 1.54) is 6.07 Å². The van der Waals surface area contributed by atoms with Crippen molar-refractivity contribution in [3.8, 4) is 6.07 Å². The molecule has 1 unspecified atom stereocenters. The van der Waals surface area contributed by atoms with Crippen LogP contribution < -0.4 is 0 Å². The molecule has 0 saturated carbocycles. The van der Waals surface area contributed by atoms with Crippen molar-refractivity contribution in [1.29, 1.82) is 5.26 Å². The molecule has 86 valence electrons. The molecule has 1 aromatic carbocycles. The number of nitrogens with zero attached hydrogens (tertiary/aromatic N) is 4. The summed E-state index contributed by atoms with van der Waals surface area (Å²) in [5, 5.41) is 19.5. The van der Waals surface area contributed by atoms with Gasteiger partial charge in [0.05, 0.1) is 29.3 Å². The van der Waals surface area contributed by atoms with Gasteiger partial charge in [0.2, 0.25) is 0 Å². The third kappa shape index (κ3) is 1.83. The van der Waals surface area contributed by atoms with E-state index in [0.29, 0.717) is 17.5 Å². The molecule has 2 rings (SSSR count). The summed E-state index contributed by atoms with van der Waals surface area (Å²) in [7, 11) is 0. The maximum Gasteiger partial charge on any atom is 0.297 e. The second kappa shape index (κ2) is 4.22. The molecular weight excluding hydrogens is 220 g/mol. The monoisotopic (exact) mass is 230 g/mol. The van der Waals surface area contributed by atoms with Crippen LogP contribution in [0.3, 0.4) is 0 Å². The number of aromatic nitrogens is 2. The van der Waals surface area contributed by atoms with Crippen LogP contribution in [0.5, 0.6) is 0 Å². The highest BCUT2D eigenvalue weighted by molar-refractivity contribution is 5.84. The van der Waals surface area contributed by atoms with Gasteiger partial charge in [-0.3, -0.25) is 10.1 Å². The molecule has 0 fully saturated rings. The highest BCUT2D eigenvalue weighted by Gasteiger charge is 2.17. The predicted octanol–water partition coefficient (Wildman–Crippen LogP) is 2.42. The highest BCUT2D eigenvalue weighted by Crippen LogP contribution is 2.26. The highest BCUT2D eigenvalue weighted by atomic mass is 16.6. The lowest BCUT2D eigenvalue weighted by atomic mass is 10.2. The van der Waals surface area contributed by atoms with E-state index < -0.39 is 4.92 Å². The first-order valence-corrected chi connectivity index (χ1v) is 5.12.